The molecule has 154 valence electrons. The highest BCUT2D eigenvalue weighted by atomic mass is 16.5. The Morgan fingerprint density at radius 1 is 0.933 bits per heavy atom. The topological polar surface area (TPSA) is 40.0 Å². The maximum atomic E-state index is 6.17. The van der Waals surface area contributed by atoms with Gasteiger partial charge in [-0.05, 0) is 62.2 Å². The molecule has 0 unspecified atom stereocenters. The van der Waals surface area contributed by atoms with Crippen LogP contribution in [0.15, 0.2) is 89.6 Å². The summed E-state index contributed by atoms with van der Waals surface area (Å²) in [6.45, 7) is 6.08. The van der Waals surface area contributed by atoms with E-state index in [2.05, 4.69) is 13.0 Å². The summed E-state index contributed by atoms with van der Waals surface area (Å²) in [7, 11) is 1.62. The predicted molar refractivity (Wildman–Crippen MR) is 122 cm³/mol. The van der Waals surface area contributed by atoms with Crippen LogP contribution in [0.4, 0.5) is 5.69 Å². The Bertz CT molecular complexity index is 1040. The molecule has 0 amide bonds. The molecule has 0 saturated heterocycles. The second kappa shape index (κ2) is 10.3. The fraction of sp³-hybridized carbons (Fsp3) is 0.192. The second-order valence-electron chi connectivity index (χ2n) is 6.93. The fourth-order valence-electron chi connectivity index (χ4n) is 2.79. The maximum Gasteiger partial charge on any atom is 0.225 e. The lowest BCUT2D eigenvalue weighted by Crippen LogP contribution is -2.11. The molecule has 0 N–H and O–H groups in total. The summed E-state index contributed by atoms with van der Waals surface area (Å²) in [5.41, 5.74) is 3.95. The number of rotatable bonds is 7. The van der Waals surface area contributed by atoms with Gasteiger partial charge in [-0.3, -0.25) is 0 Å². The van der Waals surface area contributed by atoms with E-state index in [1.807, 2.05) is 80.6 Å². The lowest BCUT2D eigenvalue weighted by molar-refractivity contribution is 0.377. The third kappa shape index (κ3) is 5.74. The first-order valence-electron chi connectivity index (χ1n) is 9.98. The summed E-state index contributed by atoms with van der Waals surface area (Å²) in [4.78, 5) is 4.72. The van der Waals surface area contributed by atoms with Crippen molar-refractivity contribution in [3.8, 4) is 17.2 Å². The predicted octanol–water partition coefficient (Wildman–Crippen LogP) is 6.66. The van der Waals surface area contributed by atoms with Crippen molar-refractivity contribution in [3.05, 3.63) is 95.8 Å². The molecule has 0 spiro atoms. The molecular weight excluding hydrogens is 374 g/mol. The quantitative estimate of drug-likeness (QED) is 0.252. The van der Waals surface area contributed by atoms with Crippen molar-refractivity contribution in [2.24, 2.45) is 4.99 Å². The van der Waals surface area contributed by atoms with E-state index in [4.69, 9.17) is 19.2 Å². The number of hydrogen-bond acceptors (Lipinski definition) is 4. The van der Waals surface area contributed by atoms with Gasteiger partial charge in [0, 0.05) is 5.57 Å². The first-order valence-corrected chi connectivity index (χ1v) is 9.98. The lowest BCUT2D eigenvalue weighted by Gasteiger charge is -2.12. The van der Waals surface area contributed by atoms with E-state index in [0.29, 0.717) is 17.4 Å². The number of aliphatic imine (C=N–C) groups is 1. The van der Waals surface area contributed by atoms with E-state index < -0.39 is 0 Å². The summed E-state index contributed by atoms with van der Waals surface area (Å²) in [6.07, 6.45) is 2.57. The zero-order valence-electron chi connectivity index (χ0n) is 17.9. The van der Waals surface area contributed by atoms with Crippen LogP contribution >= 0.6 is 0 Å². The van der Waals surface area contributed by atoms with Gasteiger partial charge in [-0.1, -0.05) is 48.9 Å². The van der Waals surface area contributed by atoms with E-state index in [0.717, 1.165) is 23.4 Å². The van der Waals surface area contributed by atoms with E-state index in [1.54, 1.807) is 13.4 Å². The maximum absolute atomic E-state index is 6.17. The van der Waals surface area contributed by atoms with E-state index in [9.17, 15) is 0 Å². The van der Waals surface area contributed by atoms with Crippen LogP contribution in [0.25, 0.3) is 0 Å². The summed E-state index contributed by atoms with van der Waals surface area (Å²) >= 11 is 0. The normalized spacial score (nSPS) is 11.9. The highest BCUT2D eigenvalue weighted by molar-refractivity contribution is 5.96. The molecule has 0 radical (unpaired) electrons. The molecule has 0 aliphatic heterocycles. The second-order valence-corrected chi connectivity index (χ2v) is 6.93. The van der Waals surface area contributed by atoms with Crippen molar-refractivity contribution in [2.45, 2.75) is 27.2 Å². The molecular formula is C26H27NO3. The molecule has 0 aliphatic carbocycles. The molecule has 3 rings (SSSR count). The SMILES string of the molecule is CCc1cccc(OC(=N\c2ccc(C)cc2)/C(C)=C/Oc2ccccc2OC)c1. The van der Waals surface area contributed by atoms with Crippen LogP contribution in [-0.4, -0.2) is 13.0 Å². The number of benzene rings is 3. The highest BCUT2D eigenvalue weighted by Crippen LogP contribution is 2.26. The molecule has 3 aromatic rings. The van der Waals surface area contributed by atoms with Gasteiger partial charge in [0.2, 0.25) is 5.90 Å². The van der Waals surface area contributed by atoms with Gasteiger partial charge in [0.05, 0.1) is 19.1 Å². The Kier molecular flexibility index (Phi) is 7.28. The van der Waals surface area contributed by atoms with Crippen molar-refractivity contribution in [1.29, 1.82) is 0 Å². The molecule has 3 aromatic carbocycles. The zero-order chi connectivity index (χ0) is 21.3. The largest absolute Gasteiger partial charge is 0.493 e. The van der Waals surface area contributed by atoms with Gasteiger partial charge in [0.25, 0.3) is 0 Å². The van der Waals surface area contributed by atoms with Gasteiger partial charge < -0.3 is 14.2 Å². The van der Waals surface area contributed by atoms with Gasteiger partial charge in [-0.25, -0.2) is 4.99 Å². The third-order valence-electron chi connectivity index (χ3n) is 4.55. The minimum absolute atomic E-state index is 0.474. The number of methoxy groups -OCH3 is 1. The van der Waals surface area contributed by atoms with Crippen LogP contribution in [-0.2, 0) is 6.42 Å². The standard InChI is InChI=1S/C26H27NO3/c1-5-21-9-8-10-23(17-21)30-26(27-22-15-13-19(2)14-16-22)20(3)18-29-25-12-7-6-11-24(25)28-4/h6-18H,5H2,1-4H3/b20-18+,27-26-. The van der Waals surface area contributed by atoms with Gasteiger partial charge in [0.15, 0.2) is 11.5 Å². The first-order chi connectivity index (χ1) is 14.6. The smallest absolute Gasteiger partial charge is 0.225 e. The molecule has 0 fully saturated rings. The number of para-hydroxylation sites is 2. The summed E-state index contributed by atoms with van der Waals surface area (Å²) < 4.78 is 17.4. The van der Waals surface area contributed by atoms with Gasteiger partial charge in [0.1, 0.15) is 5.75 Å². The number of nitrogens with zero attached hydrogens (tertiary/aromatic N) is 1. The van der Waals surface area contributed by atoms with Crippen LogP contribution in [0.1, 0.15) is 25.0 Å². The van der Waals surface area contributed by atoms with E-state index in [-0.39, 0.29) is 0 Å². The van der Waals surface area contributed by atoms with Gasteiger partial charge >= 0.3 is 0 Å². The van der Waals surface area contributed by atoms with Crippen molar-refractivity contribution >= 4 is 11.6 Å². The lowest BCUT2D eigenvalue weighted by atomic mass is 10.2. The van der Waals surface area contributed by atoms with Gasteiger partial charge in [-0.15, -0.1) is 0 Å². The van der Waals surface area contributed by atoms with Crippen molar-refractivity contribution in [3.63, 3.8) is 0 Å². The van der Waals surface area contributed by atoms with Crippen LogP contribution < -0.4 is 14.2 Å². The van der Waals surface area contributed by atoms with Crippen molar-refractivity contribution in [1.82, 2.24) is 0 Å². The molecule has 0 heterocycles. The molecule has 30 heavy (non-hydrogen) atoms. The molecule has 4 heteroatoms. The van der Waals surface area contributed by atoms with Gasteiger partial charge in [-0.2, -0.15) is 0 Å². The average Bonchev–Trinajstić information content (AvgIpc) is 2.78. The summed E-state index contributed by atoms with van der Waals surface area (Å²) in [5, 5.41) is 0. The van der Waals surface area contributed by atoms with Crippen LogP contribution in [0.5, 0.6) is 17.2 Å². The fourth-order valence-corrected chi connectivity index (χ4v) is 2.79. The zero-order valence-corrected chi connectivity index (χ0v) is 17.9. The number of aryl methyl sites for hydroxylation is 2. The molecule has 0 aromatic heterocycles. The van der Waals surface area contributed by atoms with E-state index in [1.165, 1.54) is 11.1 Å². The van der Waals surface area contributed by atoms with Crippen LogP contribution in [0.2, 0.25) is 0 Å². The molecule has 0 saturated carbocycles. The Morgan fingerprint density at radius 2 is 1.67 bits per heavy atom. The molecule has 0 aliphatic rings. The van der Waals surface area contributed by atoms with E-state index >= 15 is 0 Å². The first kappa shape index (κ1) is 21.2. The highest BCUT2D eigenvalue weighted by Gasteiger charge is 2.09. The molecule has 0 atom stereocenters. The minimum atomic E-state index is 0.474. The molecule has 4 nitrogen and oxygen atoms in total. The Labute approximate surface area is 178 Å². The third-order valence-corrected chi connectivity index (χ3v) is 4.55. The Morgan fingerprint density at radius 3 is 2.37 bits per heavy atom. The molecule has 0 bridgehead atoms. The summed E-state index contributed by atoms with van der Waals surface area (Å²) in [5.74, 6) is 2.50. The van der Waals surface area contributed by atoms with Crippen LogP contribution in [0.3, 0.4) is 0 Å². The summed E-state index contributed by atoms with van der Waals surface area (Å²) in [6, 6.07) is 23.5. The number of hydrogen-bond donors (Lipinski definition) is 0. The minimum Gasteiger partial charge on any atom is -0.493 e. The van der Waals surface area contributed by atoms with Crippen molar-refractivity contribution in [2.75, 3.05) is 7.11 Å². The Balaban J connectivity index is 1.91. The van der Waals surface area contributed by atoms with Crippen molar-refractivity contribution < 1.29 is 14.2 Å². The Hall–Kier alpha value is -3.53. The monoisotopic (exact) mass is 401 g/mol. The average molecular weight is 402 g/mol. The number of ether oxygens (including phenoxy) is 3. The van der Waals surface area contributed by atoms with Crippen LogP contribution in [0, 0.1) is 6.92 Å².